The van der Waals surface area contributed by atoms with Crippen molar-refractivity contribution in [3.63, 3.8) is 0 Å². The number of aromatic nitrogens is 2. The van der Waals surface area contributed by atoms with E-state index in [1.807, 2.05) is 23.5 Å². The molecule has 0 radical (unpaired) electrons. The van der Waals surface area contributed by atoms with Gasteiger partial charge < -0.3 is 10.8 Å². The van der Waals surface area contributed by atoms with Gasteiger partial charge in [-0.25, -0.2) is 14.2 Å². The number of carboxylic acid groups (broad SMARTS) is 1. The van der Waals surface area contributed by atoms with Crippen molar-refractivity contribution in [2.24, 2.45) is 5.73 Å². The number of carboxylic acids is 1. The SMILES string of the molecule is CC(N)c1nc2ccc(Cl)cn2c1-c1cccc(F)c1.O=C(O)C(F)(F)F. The molecule has 0 amide bonds. The molecule has 0 saturated heterocycles. The third kappa shape index (κ3) is 4.95. The Bertz CT molecular complexity index is 970. The summed E-state index contributed by atoms with van der Waals surface area (Å²) >= 11 is 6.04. The first-order chi connectivity index (χ1) is 12.5. The van der Waals surface area contributed by atoms with Gasteiger partial charge in [0, 0.05) is 17.8 Å². The molecule has 3 rings (SSSR count). The molecule has 144 valence electrons. The van der Waals surface area contributed by atoms with Gasteiger partial charge in [0.15, 0.2) is 0 Å². The summed E-state index contributed by atoms with van der Waals surface area (Å²) in [5.74, 6) is -3.05. The molecule has 1 aromatic carbocycles. The Morgan fingerprint density at radius 3 is 2.44 bits per heavy atom. The maximum Gasteiger partial charge on any atom is 0.490 e. The Morgan fingerprint density at radius 1 is 1.30 bits per heavy atom. The largest absolute Gasteiger partial charge is 0.490 e. The second-order valence-corrected chi connectivity index (χ2v) is 5.96. The van der Waals surface area contributed by atoms with E-state index in [0.29, 0.717) is 5.02 Å². The molecule has 0 spiro atoms. The molecule has 0 aliphatic carbocycles. The molecule has 0 aliphatic rings. The fourth-order valence-electron chi connectivity index (χ4n) is 2.28. The van der Waals surface area contributed by atoms with Crippen LogP contribution >= 0.6 is 11.6 Å². The number of halogens is 5. The fourth-order valence-corrected chi connectivity index (χ4v) is 2.44. The number of aliphatic carboxylic acids is 1. The van der Waals surface area contributed by atoms with Crippen molar-refractivity contribution in [3.05, 3.63) is 59.1 Å². The Kier molecular flexibility index (Phi) is 6.07. The molecule has 27 heavy (non-hydrogen) atoms. The van der Waals surface area contributed by atoms with Gasteiger partial charge in [0.1, 0.15) is 11.5 Å². The van der Waals surface area contributed by atoms with Crippen LogP contribution in [0.1, 0.15) is 18.7 Å². The van der Waals surface area contributed by atoms with Gasteiger partial charge in [-0.15, -0.1) is 0 Å². The molecule has 3 N–H and O–H groups in total. The minimum atomic E-state index is -5.08. The highest BCUT2D eigenvalue weighted by atomic mass is 35.5. The lowest BCUT2D eigenvalue weighted by atomic mass is 10.1. The highest BCUT2D eigenvalue weighted by Gasteiger charge is 2.38. The Labute approximate surface area is 156 Å². The molecule has 2 heterocycles. The monoisotopic (exact) mass is 403 g/mol. The van der Waals surface area contributed by atoms with Crippen LogP contribution in [0.3, 0.4) is 0 Å². The molecule has 0 fully saturated rings. The topological polar surface area (TPSA) is 80.6 Å². The molecule has 0 aliphatic heterocycles. The highest BCUT2D eigenvalue weighted by Crippen LogP contribution is 2.29. The summed E-state index contributed by atoms with van der Waals surface area (Å²) in [7, 11) is 0. The fraction of sp³-hybridized carbons (Fsp3) is 0.176. The number of hydrogen-bond donors (Lipinski definition) is 2. The number of hydrogen-bond acceptors (Lipinski definition) is 3. The van der Waals surface area contributed by atoms with E-state index in [4.69, 9.17) is 27.2 Å². The summed E-state index contributed by atoms with van der Waals surface area (Å²) in [6, 6.07) is 9.70. The van der Waals surface area contributed by atoms with Crippen LogP contribution in [0.15, 0.2) is 42.6 Å². The molecule has 10 heteroatoms. The summed E-state index contributed by atoms with van der Waals surface area (Å²) in [6.45, 7) is 1.85. The van der Waals surface area contributed by atoms with Crippen LogP contribution < -0.4 is 5.73 Å². The van der Waals surface area contributed by atoms with Crippen LogP contribution in [0.5, 0.6) is 0 Å². The van der Waals surface area contributed by atoms with E-state index in [9.17, 15) is 17.6 Å². The van der Waals surface area contributed by atoms with Crippen molar-refractivity contribution >= 4 is 23.2 Å². The number of nitrogens with zero attached hydrogens (tertiary/aromatic N) is 2. The number of fused-ring (bicyclic) bond motifs is 1. The van der Waals surface area contributed by atoms with E-state index < -0.39 is 12.1 Å². The maximum absolute atomic E-state index is 13.5. The minimum absolute atomic E-state index is 0.257. The zero-order valence-electron chi connectivity index (χ0n) is 13.8. The first kappa shape index (κ1) is 20.7. The van der Waals surface area contributed by atoms with Crippen LogP contribution in [-0.2, 0) is 4.79 Å². The molecule has 0 bridgehead atoms. The predicted molar refractivity (Wildman–Crippen MR) is 91.9 cm³/mol. The molecular weight excluding hydrogens is 390 g/mol. The van der Waals surface area contributed by atoms with Gasteiger partial charge >= 0.3 is 12.1 Å². The molecule has 1 unspecified atom stereocenters. The first-order valence-electron chi connectivity index (χ1n) is 7.50. The standard InChI is InChI=1S/C15H13ClFN3.C2HF3O2/c1-9(18)14-15(10-3-2-4-12(17)7-10)20-8-11(16)5-6-13(20)19-14;3-2(4,5)1(6)7/h2-9H,18H2,1H3;(H,6,7). The maximum atomic E-state index is 13.5. The van der Waals surface area contributed by atoms with E-state index in [1.165, 1.54) is 12.1 Å². The van der Waals surface area contributed by atoms with Crippen molar-refractivity contribution in [2.75, 3.05) is 0 Å². The van der Waals surface area contributed by atoms with Crippen molar-refractivity contribution in [1.29, 1.82) is 0 Å². The first-order valence-corrected chi connectivity index (χ1v) is 7.87. The summed E-state index contributed by atoms with van der Waals surface area (Å²) in [5.41, 5.74) is 8.95. The van der Waals surface area contributed by atoms with Crippen LogP contribution in [0.25, 0.3) is 16.9 Å². The van der Waals surface area contributed by atoms with Crippen LogP contribution in [-0.4, -0.2) is 26.6 Å². The predicted octanol–water partition coefficient (Wildman–Crippen LogP) is 4.45. The van der Waals surface area contributed by atoms with Crippen molar-refractivity contribution in [1.82, 2.24) is 9.38 Å². The lowest BCUT2D eigenvalue weighted by Crippen LogP contribution is -2.21. The van der Waals surface area contributed by atoms with Gasteiger partial charge in [-0.1, -0.05) is 23.7 Å². The second-order valence-electron chi connectivity index (χ2n) is 5.52. The molecular formula is C17H14ClF4N3O2. The third-order valence-corrected chi connectivity index (χ3v) is 3.60. The number of alkyl halides is 3. The molecule has 0 saturated carbocycles. The average molecular weight is 404 g/mol. The van der Waals surface area contributed by atoms with Crippen molar-refractivity contribution in [2.45, 2.75) is 19.1 Å². The number of imidazole rings is 1. The summed E-state index contributed by atoms with van der Waals surface area (Å²) < 4.78 is 47.1. The van der Waals surface area contributed by atoms with Crippen LogP contribution in [0, 0.1) is 5.82 Å². The van der Waals surface area contributed by atoms with Gasteiger partial charge in [0.25, 0.3) is 0 Å². The van der Waals surface area contributed by atoms with Crippen LogP contribution in [0.4, 0.5) is 17.6 Å². The lowest BCUT2D eigenvalue weighted by molar-refractivity contribution is -0.192. The summed E-state index contributed by atoms with van der Waals surface area (Å²) in [6.07, 6.45) is -3.32. The Balaban J connectivity index is 0.000000321. The third-order valence-electron chi connectivity index (χ3n) is 3.38. The Morgan fingerprint density at radius 2 is 1.93 bits per heavy atom. The molecule has 5 nitrogen and oxygen atoms in total. The summed E-state index contributed by atoms with van der Waals surface area (Å²) in [4.78, 5) is 13.4. The zero-order chi connectivity index (χ0) is 20.4. The highest BCUT2D eigenvalue weighted by molar-refractivity contribution is 6.30. The quantitative estimate of drug-likeness (QED) is 0.619. The molecule has 3 aromatic rings. The number of nitrogens with two attached hydrogens (primary N) is 1. The molecule has 2 aromatic heterocycles. The van der Waals surface area contributed by atoms with Crippen LogP contribution in [0.2, 0.25) is 5.02 Å². The van der Waals surface area contributed by atoms with Gasteiger partial charge in [-0.3, -0.25) is 4.40 Å². The Hall–Kier alpha value is -2.65. The number of pyridine rings is 1. The number of carbonyl (C=O) groups is 1. The number of rotatable bonds is 2. The normalized spacial score (nSPS) is 12.4. The van der Waals surface area contributed by atoms with Gasteiger partial charge in [0.2, 0.25) is 0 Å². The minimum Gasteiger partial charge on any atom is -0.475 e. The van der Waals surface area contributed by atoms with Gasteiger partial charge in [-0.2, -0.15) is 13.2 Å². The smallest absolute Gasteiger partial charge is 0.475 e. The van der Waals surface area contributed by atoms with E-state index in [2.05, 4.69) is 4.98 Å². The second kappa shape index (κ2) is 7.93. The lowest BCUT2D eigenvalue weighted by Gasteiger charge is -2.08. The van der Waals surface area contributed by atoms with E-state index in [-0.39, 0.29) is 11.9 Å². The zero-order valence-corrected chi connectivity index (χ0v) is 14.6. The van der Waals surface area contributed by atoms with Crippen molar-refractivity contribution < 1.29 is 27.5 Å². The van der Waals surface area contributed by atoms with Crippen molar-refractivity contribution in [3.8, 4) is 11.3 Å². The molecule has 1 atom stereocenters. The van der Waals surface area contributed by atoms with Gasteiger partial charge in [-0.05, 0) is 31.2 Å². The van der Waals surface area contributed by atoms with E-state index in [0.717, 1.165) is 22.6 Å². The average Bonchev–Trinajstić information content (AvgIpc) is 2.93. The van der Waals surface area contributed by atoms with Gasteiger partial charge in [0.05, 0.1) is 16.4 Å². The number of benzene rings is 1. The summed E-state index contributed by atoms with van der Waals surface area (Å²) in [5, 5.41) is 7.71. The van der Waals surface area contributed by atoms with E-state index >= 15 is 0 Å². The van der Waals surface area contributed by atoms with E-state index in [1.54, 1.807) is 18.3 Å².